The third kappa shape index (κ3) is 2.63. The van der Waals surface area contributed by atoms with Gasteiger partial charge in [-0.1, -0.05) is 55.9 Å². The van der Waals surface area contributed by atoms with Gasteiger partial charge in [-0.3, -0.25) is 9.59 Å². The molecule has 0 fully saturated rings. The van der Waals surface area contributed by atoms with Crippen LogP contribution in [0.5, 0.6) is 0 Å². The Morgan fingerprint density at radius 2 is 1.60 bits per heavy atom. The van der Waals surface area contributed by atoms with Gasteiger partial charge in [-0.05, 0) is 12.8 Å². The first kappa shape index (κ1) is 16.4. The van der Waals surface area contributed by atoms with Gasteiger partial charge in [0.05, 0.1) is 5.04 Å². The molecule has 1 unspecified atom stereocenters. The SMILES string of the molecule is CCC(CC)(C(=O)O)[Si](C)(CC(=O)O)c1ccccc1. The molecule has 0 aliphatic heterocycles. The zero-order chi connectivity index (χ0) is 15.4. The molecule has 0 aliphatic carbocycles. The Hall–Kier alpha value is -1.62. The number of rotatable bonds is 7. The van der Waals surface area contributed by atoms with Crippen LogP contribution in [0, 0.1) is 0 Å². The van der Waals surface area contributed by atoms with Crippen molar-refractivity contribution in [3.63, 3.8) is 0 Å². The second-order valence-corrected chi connectivity index (χ2v) is 9.92. The van der Waals surface area contributed by atoms with E-state index in [4.69, 9.17) is 0 Å². The van der Waals surface area contributed by atoms with E-state index in [1.54, 1.807) is 0 Å². The van der Waals surface area contributed by atoms with Crippen molar-refractivity contribution >= 4 is 25.2 Å². The molecule has 1 rings (SSSR count). The fourth-order valence-corrected chi connectivity index (χ4v) is 7.89. The molecule has 0 saturated heterocycles. The molecule has 20 heavy (non-hydrogen) atoms. The quantitative estimate of drug-likeness (QED) is 0.758. The number of aliphatic carboxylic acids is 2. The lowest BCUT2D eigenvalue weighted by molar-refractivity contribution is -0.141. The smallest absolute Gasteiger partial charge is 0.307 e. The van der Waals surface area contributed by atoms with Crippen molar-refractivity contribution in [2.75, 3.05) is 0 Å². The Morgan fingerprint density at radius 1 is 1.10 bits per heavy atom. The molecule has 4 nitrogen and oxygen atoms in total. The van der Waals surface area contributed by atoms with Crippen molar-refractivity contribution in [1.82, 2.24) is 0 Å². The second-order valence-electron chi connectivity index (χ2n) is 5.36. The summed E-state index contributed by atoms with van der Waals surface area (Å²) in [5.74, 6) is -1.79. The first-order valence-corrected chi connectivity index (χ1v) is 9.55. The summed E-state index contributed by atoms with van der Waals surface area (Å²) < 4.78 is 0. The lowest BCUT2D eigenvalue weighted by Crippen LogP contribution is -2.59. The van der Waals surface area contributed by atoms with Gasteiger partial charge < -0.3 is 10.2 Å². The van der Waals surface area contributed by atoms with E-state index in [-0.39, 0.29) is 6.04 Å². The third-order valence-corrected chi connectivity index (χ3v) is 10.2. The Labute approximate surface area is 120 Å². The lowest BCUT2D eigenvalue weighted by atomic mass is 10.0. The highest BCUT2D eigenvalue weighted by atomic mass is 28.3. The van der Waals surface area contributed by atoms with E-state index in [9.17, 15) is 19.8 Å². The minimum Gasteiger partial charge on any atom is -0.481 e. The van der Waals surface area contributed by atoms with Crippen LogP contribution in [0.25, 0.3) is 0 Å². The monoisotopic (exact) mass is 294 g/mol. The fourth-order valence-electron chi connectivity index (χ4n) is 3.22. The molecule has 1 atom stereocenters. The maximum Gasteiger partial charge on any atom is 0.307 e. The highest BCUT2D eigenvalue weighted by molar-refractivity contribution is 6.97. The molecule has 0 amide bonds. The van der Waals surface area contributed by atoms with Crippen molar-refractivity contribution in [3.05, 3.63) is 30.3 Å². The molecular weight excluding hydrogens is 272 g/mol. The molecular formula is C15H22O4Si. The van der Waals surface area contributed by atoms with Crippen LogP contribution in [-0.2, 0) is 9.59 Å². The normalized spacial score (nSPS) is 14.6. The number of hydrogen-bond acceptors (Lipinski definition) is 2. The van der Waals surface area contributed by atoms with Crippen LogP contribution in [0.3, 0.4) is 0 Å². The van der Waals surface area contributed by atoms with Crippen molar-refractivity contribution in [2.45, 2.75) is 44.3 Å². The van der Waals surface area contributed by atoms with Crippen LogP contribution in [0.1, 0.15) is 26.7 Å². The molecule has 1 aromatic carbocycles. The van der Waals surface area contributed by atoms with Crippen LogP contribution >= 0.6 is 0 Å². The molecule has 0 bridgehead atoms. The zero-order valence-corrected chi connectivity index (χ0v) is 13.2. The molecule has 0 aromatic heterocycles. The van der Waals surface area contributed by atoms with E-state index in [0.29, 0.717) is 12.8 Å². The van der Waals surface area contributed by atoms with E-state index in [1.165, 1.54) is 0 Å². The summed E-state index contributed by atoms with van der Waals surface area (Å²) in [6, 6.07) is 9.24. The average molecular weight is 294 g/mol. The molecule has 1 aromatic rings. The van der Waals surface area contributed by atoms with Crippen LogP contribution in [0.4, 0.5) is 0 Å². The van der Waals surface area contributed by atoms with Crippen molar-refractivity contribution in [1.29, 1.82) is 0 Å². The molecule has 110 valence electrons. The zero-order valence-electron chi connectivity index (χ0n) is 12.2. The second kappa shape index (κ2) is 6.22. The number of carbonyl (C=O) groups is 2. The van der Waals surface area contributed by atoms with Gasteiger partial charge in [0, 0.05) is 6.04 Å². The number of hydrogen-bond donors (Lipinski definition) is 2. The lowest BCUT2D eigenvalue weighted by Gasteiger charge is -2.43. The van der Waals surface area contributed by atoms with E-state index in [0.717, 1.165) is 5.19 Å². The maximum atomic E-state index is 11.9. The first-order chi connectivity index (χ1) is 9.34. The van der Waals surface area contributed by atoms with Crippen LogP contribution < -0.4 is 5.19 Å². The Kier molecular flexibility index (Phi) is 5.11. The molecule has 0 saturated carbocycles. The molecule has 0 aliphatic rings. The number of carboxylic acids is 2. The summed E-state index contributed by atoms with van der Waals surface area (Å²) >= 11 is 0. The van der Waals surface area contributed by atoms with E-state index >= 15 is 0 Å². The van der Waals surface area contributed by atoms with E-state index < -0.39 is 25.1 Å². The largest absolute Gasteiger partial charge is 0.481 e. The third-order valence-electron chi connectivity index (χ3n) is 4.59. The minimum absolute atomic E-state index is 0.0645. The maximum absolute atomic E-state index is 11.9. The van der Waals surface area contributed by atoms with Gasteiger partial charge >= 0.3 is 11.9 Å². The van der Waals surface area contributed by atoms with Gasteiger partial charge in [-0.15, -0.1) is 0 Å². The van der Waals surface area contributed by atoms with Crippen LogP contribution in [0.15, 0.2) is 30.3 Å². The molecule has 0 heterocycles. The Morgan fingerprint density at radius 3 is 1.95 bits per heavy atom. The van der Waals surface area contributed by atoms with Crippen molar-refractivity contribution in [2.24, 2.45) is 0 Å². The average Bonchev–Trinajstić information content (AvgIpc) is 2.40. The molecule has 5 heteroatoms. The Bertz CT molecular complexity index is 482. The summed E-state index contributed by atoms with van der Waals surface area (Å²) in [4.78, 5) is 23.3. The van der Waals surface area contributed by atoms with Gasteiger partial charge in [0.15, 0.2) is 0 Å². The predicted molar refractivity (Wildman–Crippen MR) is 81.0 cm³/mol. The van der Waals surface area contributed by atoms with Gasteiger partial charge in [-0.2, -0.15) is 0 Å². The van der Waals surface area contributed by atoms with Gasteiger partial charge in [0.2, 0.25) is 0 Å². The minimum atomic E-state index is -2.73. The van der Waals surface area contributed by atoms with Gasteiger partial charge in [-0.25, -0.2) is 0 Å². The summed E-state index contributed by atoms with van der Waals surface area (Å²) in [5.41, 5.74) is 0. The molecule has 0 radical (unpaired) electrons. The highest BCUT2D eigenvalue weighted by Crippen LogP contribution is 2.46. The summed E-state index contributed by atoms with van der Waals surface area (Å²) in [6.07, 6.45) is 0.896. The van der Waals surface area contributed by atoms with Gasteiger partial charge in [0.1, 0.15) is 8.07 Å². The number of benzene rings is 1. The first-order valence-electron chi connectivity index (χ1n) is 6.84. The van der Waals surface area contributed by atoms with E-state index in [2.05, 4.69) is 0 Å². The summed E-state index contributed by atoms with van der Waals surface area (Å²) in [5, 5.41) is 19.0. The van der Waals surface area contributed by atoms with Crippen LogP contribution in [-0.4, -0.2) is 30.2 Å². The van der Waals surface area contributed by atoms with Crippen molar-refractivity contribution < 1.29 is 19.8 Å². The van der Waals surface area contributed by atoms with Crippen molar-refractivity contribution in [3.8, 4) is 0 Å². The molecule has 0 spiro atoms. The Balaban J connectivity index is 3.52. The standard InChI is InChI=1S/C15H22O4Si/c1-4-15(5-2,14(18)19)20(3,11-13(16)17)12-9-7-6-8-10-12/h6-10H,4-5,11H2,1-3H3,(H,16,17)(H,18,19). The topological polar surface area (TPSA) is 74.6 Å². The van der Waals surface area contributed by atoms with Gasteiger partial charge in [0.25, 0.3) is 0 Å². The molecule has 2 N–H and O–H groups in total. The highest BCUT2D eigenvalue weighted by Gasteiger charge is 2.55. The fraction of sp³-hybridized carbons (Fsp3) is 0.467. The predicted octanol–water partition coefficient (Wildman–Crippen LogP) is 2.70. The van der Waals surface area contributed by atoms with Crippen LogP contribution in [0.2, 0.25) is 17.6 Å². The summed E-state index contributed by atoms with van der Waals surface area (Å²) in [7, 11) is -2.73. The number of carboxylic acid groups (broad SMARTS) is 2. The summed E-state index contributed by atoms with van der Waals surface area (Å²) in [6.45, 7) is 5.57. The van der Waals surface area contributed by atoms with E-state index in [1.807, 2.05) is 50.7 Å².